The first kappa shape index (κ1) is 9.58. The van der Waals surface area contributed by atoms with Crippen LogP contribution in [-0.2, 0) is 4.43 Å². The molecule has 0 aliphatic rings. The van der Waals surface area contributed by atoms with Crippen LogP contribution in [0.25, 0.3) is 0 Å². The molecule has 0 saturated heterocycles. The van der Waals surface area contributed by atoms with Crippen molar-refractivity contribution in [2.75, 3.05) is 0 Å². The van der Waals surface area contributed by atoms with E-state index in [0.717, 1.165) is 12.8 Å². The summed E-state index contributed by atoms with van der Waals surface area (Å²) in [5, 5.41) is 0. The first-order chi connectivity index (χ1) is 4.56. The van der Waals surface area contributed by atoms with Gasteiger partial charge in [0.1, 0.15) is 0 Å². The average molecular weight is 156 g/mol. The van der Waals surface area contributed by atoms with Gasteiger partial charge in [0.25, 0.3) is 8.32 Å². The molecule has 0 heterocycles. The number of hydrogen-bond donors (Lipinski definition) is 0. The molecule has 0 fully saturated rings. The summed E-state index contributed by atoms with van der Waals surface area (Å²) in [7, 11) is -1.38. The van der Waals surface area contributed by atoms with E-state index in [0.29, 0.717) is 0 Å². The summed E-state index contributed by atoms with van der Waals surface area (Å²) >= 11 is 0. The van der Waals surface area contributed by atoms with Crippen molar-refractivity contribution in [3.63, 3.8) is 0 Å². The highest BCUT2D eigenvalue weighted by Gasteiger charge is 2.13. The molecule has 0 aromatic heterocycles. The zero-order valence-corrected chi connectivity index (χ0v) is 8.32. The molecule has 0 aliphatic carbocycles. The van der Waals surface area contributed by atoms with Crippen LogP contribution in [0.2, 0.25) is 19.6 Å². The van der Waals surface area contributed by atoms with Crippen LogP contribution in [0.3, 0.4) is 0 Å². The van der Waals surface area contributed by atoms with Crippen molar-refractivity contribution in [2.24, 2.45) is 0 Å². The fourth-order valence-corrected chi connectivity index (χ4v) is 0.744. The predicted molar refractivity (Wildman–Crippen MR) is 47.1 cm³/mol. The van der Waals surface area contributed by atoms with Gasteiger partial charge in [-0.05, 0) is 26.1 Å². The lowest BCUT2D eigenvalue weighted by molar-refractivity contribution is 0.518. The van der Waals surface area contributed by atoms with Gasteiger partial charge in [-0.2, -0.15) is 0 Å². The minimum Gasteiger partial charge on any atom is -0.501 e. The van der Waals surface area contributed by atoms with Crippen LogP contribution in [0.5, 0.6) is 0 Å². The minimum absolute atomic E-state index is 0.949. The molecule has 0 aromatic rings. The van der Waals surface area contributed by atoms with E-state index in [9.17, 15) is 0 Å². The molecule has 0 N–H and O–H groups in total. The second kappa shape index (κ2) is 4.40. The number of hydrogen-bond acceptors (Lipinski definition) is 1. The Morgan fingerprint density at radius 3 is 2.30 bits per heavy atom. The smallest absolute Gasteiger partial charge is 0.255 e. The molecule has 0 atom stereocenters. The van der Waals surface area contributed by atoms with E-state index in [4.69, 9.17) is 4.43 Å². The van der Waals surface area contributed by atoms with Gasteiger partial charge in [-0.1, -0.05) is 12.8 Å². The molecule has 0 amide bonds. The Bertz CT molecular complexity index is 136. The lowest BCUT2D eigenvalue weighted by atomic mass is 10.4. The molecule has 0 radical (unpaired) electrons. The summed E-state index contributed by atoms with van der Waals surface area (Å²) < 4.78 is 5.31. The molecule has 0 spiro atoms. The van der Waals surface area contributed by atoms with Crippen molar-refractivity contribution in [1.82, 2.24) is 0 Å². The van der Waals surface area contributed by atoms with Gasteiger partial charge in [0.2, 0.25) is 0 Å². The topological polar surface area (TPSA) is 9.23 Å². The van der Waals surface area contributed by atoms with Crippen LogP contribution < -0.4 is 0 Å². The first-order valence-electron chi connectivity index (χ1n) is 3.72. The van der Waals surface area contributed by atoms with Gasteiger partial charge in [0.05, 0.1) is 6.11 Å². The molecule has 0 saturated carbocycles. The quantitative estimate of drug-likeness (QED) is 0.441. The Morgan fingerprint density at radius 2 is 1.90 bits per heavy atom. The van der Waals surface area contributed by atoms with Crippen molar-refractivity contribution in [1.29, 1.82) is 0 Å². The van der Waals surface area contributed by atoms with Crippen LogP contribution in [0, 0.1) is 12.0 Å². The van der Waals surface area contributed by atoms with E-state index in [2.05, 4.69) is 38.6 Å². The molecule has 1 nitrogen and oxygen atoms in total. The Kier molecular flexibility index (Phi) is 4.22. The third kappa shape index (κ3) is 7.58. The van der Waals surface area contributed by atoms with Crippen molar-refractivity contribution in [2.45, 2.75) is 39.4 Å². The Balaban J connectivity index is 3.46. The van der Waals surface area contributed by atoms with E-state index in [1.807, 2.05) is 0 Å². The van der Waals surface area contributed by atoms with Crippen LogP contribution in [0.15, 0.2) is 0 Å². The molecule has 58 valence electrons. The van der Waals surface area contributed by atoms with Gasteiger partial charge >= 0.3 is 0 Å². The van der Waals surface area contributed by atoms with E-state index >= 15 is 0 Å². The van der Waals surface area contributed by atoms with Crippen molar-refractivity contribution in [3.05, 3.63) is 0 Å². The second-order valence-corrected chi connectivity index (χ2v) is 7.67. The summed E-state index contributed by atoms with van der Waals surface area (Å²) in [6.07, 6.45) is 4.80. The lowest BCUT2D eigenvalue weighted by Crippen LogP contribution is -2.22. The fourth-order valence-electron chi connectivity index (χ4n) is 0.365. The van der Waals surface area contributed by atoms with Gasteiger partial charge in [-0.3, -0.25) is 0 Å². The van der Waals surface area contributed by atoms with Crippen LogP contribution in [0.1, 0.15) is 19.8 Å². The van der Waals surface area contributed by atoms with Crippen LogP contribution in [-0.4, -0.2) is 8.32 Å². The Morgan fingerprint density at radius 1 is 1.30 bits per heavy atom. The predicted octanol–water partition coefficient (Wildman–Crippen LogP) is 2.60. The van der Waals surface area contributed by atoms with Gasteiger partial charge in [-0.25, -0.2) is 0 Å². The maximum atomic E-state index is 5.31. The van der Waals surface area contributed by atoms with Gasteiger partial charge in [0.15, 0.2) is 0 Å². The van der Waals surface area contributed by atoms with Crippen LogP contribution in [0.4, 0.5) is 0 Å². The second-order valence-electron chi connectivity index (χ2n) is 3.24. The van der Waals surface area contributed by atoms with Gasteiger partial charge in [0, 0.05) is 6.42 Å². The maximum Gasteiger partial charge on any atom is 0.255 e. The van der Waals surface area contributed by atoms with Crippen LogP contribution >= 0.6 is 0 Å². The maximum absolute atomic E-state index is 5.31. The lowest BCUT2D eigenvalue weighted by Gasteiger charge is -2.10. The summed E-state index contributed by atoms with van der Waals surface area (Å²) in [5.41, 5.74) is 0. The SMILES string of the molecule is CCCC#CO[Si](C)(C)C. The average Bonchev–Trinajstić information content (AvgIpc) is 1.78. The summed E-state index contributed by atoms with van der Waals surface area (Å²) in [4.78, 5) is 0. The third-order valence-electron chi connectivity index (χ3n) is 0.804. The molecule has 0 bridgehead atoms. The van der Waals surface area contributed by atoms with E-state index < -0.39 is 8.32 Å². The zero-order chi connectivity index (χ0) is 8.04. The van der Waals surface area contributed by atoms with E-state index in [1.54, 1.807) is 0 Å². The molecule has 10 heavy (non-hydrogen) atoms. The van der Waals surface area contributed by atoms with Crippen molar-refractivity contribution in [3.8, 4) is 12.0 Å². The first-order valence-corrected chi connectivity index (χ1v) is 7.13. The summed E-state index contributed by atoms with van der Waals surface area (Å²) in [6.45, 7) is 8.51. The van der Waals surface area contributed by atoms with E-state index in [1.165, 1.54) is 0 Å². The monoisotopic (exact) mass is 156 g/mol. The highest BCUT2D eigenvalue weighted by atomic mass is 28.4. The zero-order valence-electron chi connectivity index (χ0n) is 7.32. The third-order valence-corrected chi connectivity index (χ3v) is 1.52. The molecule has 0 unspecified atom stereocenters. The molecule has 2 heteroatoms. The largest absolute Gasteiger partial charge is 0.501 e. The van der Waals surface area contributed by atoms with Crippen molar-refractivity contribution >= 4 is 8.32 Å². The Hall–Kier alpha value is -0.423. The number of unbranched alkanes of at least 4 members (excludes halogenated alkanes) is 1. The Labute approximate surface area is 64.9 Å². The number of rotatable bonds is 2. The normalized spacial score (nSPS) is 10.0. The molecule has 0 rings (SSSR count). The molecule has 0 aromatic carbocycles. The molecular formula is C8H16OSi. The fraction of sp³-hybridized carbons (Fsp3) is 0.750. The van der Waals surface area contributed by atoms with Gasteiger partial charge in [-0.15, -0.1) is 0 Å². The molecule has 0 aliphatic heterocycles. The summed E-state index contributed by atoms with van der Waals surface area (Å²) in [6, 6.07) is 0. The van der Waals surface area contributed by atoms with Crippen molar-refractivity contribution < 1.29 is 4.43 Å². The highest BCUT2D eigenvalue weighted by molar-refractivity contribution is 6.70. The van der Waals surface area contributed by atoms with Gasteiger partial charge < -0.3 is 4.43 Å². The summed E-state index contributed by atoms with van der Waals surface area (Å²) in [5.74, 6) is 2.95. The molecular weight excluding hydrogens is 140 g/mol. The standard InChI is InChI=1S/C8H16OSi/c1-5-6-7-8-9-10(2,3)4/h5-6H2,1-4H3. The highest BCUT2D eigenvalue weighted by Crippen LogP contribution is 2.00. The van der Waals surface area contributed by atoms with E-state index in [-0.39, 0.29) is 0 Å². The minimum atomic E-state index is -1.38.